The van der Waals surface area contributed by atoms with Crippen molar-refractivity contribution >= 4 is 5.96 Å². The van der Waals surface area contributed by atoms with E-state index in [1.54, 1.807) is 0 Å². The molecular formula is C18H31N5. The molecule has 128 valence electrons. The van der Waals surface area contributed by atoms with Gasteiger partial charge >= 0.3 is 0 Å². The van der Waals surface area contributed by atoms with Crippen molar-refractivity contribution in [2.75, 3.05) is 26.2 Å². The molecule has 1 saturated carbocycles. The maximum Gasteiger partial charge on any atom is 0.193 e. The maximum absolute atomic E-state index is 4.92. The Bertz CT molecular complexity index is 501. The van der Waals surface area contributed by atoms with Crippen LogP contribution in [0.1, 0.15) is 46.0 Å². The molecule has 2 fully saturated rings. The highest BCUT2D eigenvalue weighted by Gasteiger charge is 2.41. The van der Waals surface area contributed by atoms with Gasteiger partial charge in [0.1, 0.15) is 0 Å². The molecule has 1 aromatic heterocycles. The number of aliphatic imine (C=N–C) groups is 1. The molecule has 3 rings (SSSR count). The van der Waals surface area contributed by atoms with Gasteiger partial charge in [-0.2, -0.15) is 5.10 Å². The van der Waals surface area contributed by atoms with Gasteiger partial charge in [-0.25, -0.2) is 0 Å². The summed E-state index contributed by atoms with van der Waals surface area (Å²) in [6.07, 6.45) is 10.9. The minimum Gasteiger partial charge on any atom is -0.357 e. The Morgan fingerprint density at radius 2 is 2.17 bits per heavy atom. The average Bonchev–Trinajstić information content (AvgIpc) is 3.28. The fraction of sp³-hybridized carbons (Fsp3) is 0.778. The van der Waals surface area contributed by atoms with Crippen molar-refractivity contribution in [3.63, 3.8) is 0 Å². The quantitative estimate of drug-likeness (QED) is 0.671. The first kappa shape index (κ1) is 16.3. The summed E-state index contributed by atoms with van der Waals surface area (Å²) in [5.74, 6) is 1.61. The lowest BCUT2D eigenvalue weighted by atomic mass is 9.86. The number of likely N-dealkylation sites (tertiary alicyclic amines) is 1. The summed E-state index contributed by atoms with van der Waals surface area (Å²) < 4.78 is 2.00. The lowest BCUT2D eigenvalue weighted by Gasteiger charge is -2.26. The number of hydrogen-bond acceptors (Lipinski definition) is 2. The molecule has 0 aromatic carbocycles. The molecule has 0 bridgehead atoms. The molecule has 0 radical (unpaired) electrons. The van der Waals surface area contributed by atoms with E-state index in [4.69, 9.17) is 4.99 Å². The van der Waals surface area contributed by atoms with E-state index < -0.39 is 0 Å². The van der Waals surface area contributed by atoms with Crippen molar-refractivity contribution in [1.29, 1.82) is 0 Å². The van der Waals surface area contributed by atoms with E-state index in [0.717, 1.165) is 25.6 Å². The zero-order valence-electron chi connectivity index (χ0n) is 14.7. The second-order valence-corrected chi connectivity index (χ2v) is 7.41. The predicted molar refractivity (Wildman–Crippen MR) is 94.5 cm³/mol. The van der Waals surface area contributed by atoms with Crippen LogP contribution in [0.3, 0.4) is 0 Å². The standard InChI is InChI=1S/C18H31N5/c1-3-19-17(20-13-16(2)14-23-11-6-10-21-23)22-12-9-18(15-22)7-4-5-8-18/h6,10-11,16H,3-5,7-9,12-15H2,1-2H3,(H,19,20). The topological polar surface area (TPSA) is 45.5 Å². The third-order valence-electron chi connectivity index (χ3n) is 5.35. The summed E-state index contributed by atoms with van der Waals surface area (Å²) >= 11 is 0. The van der Waals surface area contributed by atoms with E-state index in [9.17, 15) is 0 Å². The number of rotatable bonds is 5. The van der Waals surface area contributed by atoms with Gasteiger partial charge in [-0.1, -0.05) is 19.8 Å². The van der Waals surface area contributed by atoms with Gasteiger partial charge in [-0.05, 0) is 43.6 Å². The Kier molecular flexibility index (Phi) is 5.23. The van der Waals surface area contributed by atoms with Crippen LogP contribution >= 0.6 is 0 Å². The summed E-state index contributed by atoms with van der Waals surface area (Å²) in [6.45, 7) is 9.49. The summed E-state index contributed by atoms with van der Waals surface area (Å²) in [4.78, 5) is 7.42. The van der Waals surface area contributed by atoms with E-state index >= 15 is 0 Å². The van der Waals surface area contributed by atoms with Gasteiger partial charge in [-0.15, -0.1) is 0 Å². The van der Waals surface area contributed by atoms with Crippen molar-refractivity contribution in [3.05, 3.63) is 18.5 Å². The highest BCUT2D eigenvalue weighted by atomic mass is 15.3. The van der Waals surface area contributed by atoms with Gasteiger partial charge in [0.15, 0.2) is 5.96 Å². The summed E-state index contributed by atoms with van der Waals surface area (Å²) in [5, 5.41) is 7.79. The van der Waals surface area contributed by atoms with Crippen LogP contribution in [0.25, 0.3) is 0 Å². The fourth-order valence-electron chi connectivity index (χ4n) is 4.10. The molecule has 1 N–H and O–H groups in total. The van der Waals surface area contributed by atoms with Crippen LogP contribution in [0, 0.1) is 11.3 Å². The molecular weight excluding hydrogens is 286 g/mol. The first-order chi connectivity index (χ1) is 11.2. The Balaban J connectivity index is 1.57. The Labute approximate surface area is 140 Å². The largest absolute Gasteiger partial charge is 0.357 e. The number of nitrogens with zero attached hydrogens (tertiary/aromatic N) is 4. The van der Waals surface area contributed by atoms with E-state index in [1.165, 1.54) is 45.2 Å². The van der Waals surface area contributed by atoms with Crippen molar-refractivity contribution in [1.82, 2.24) is 20.0 Å². The van der Waals surface area contributed by atoms with E-state index in [2.05, 4.69) is 29.2 Å². The average molecular weight is 317 g/mol. The molecule has 0 amide bonds. The monoisotopic (exact) mass is 317 g/mol. The van der Waals surface area contributed by atoms with Gasteiger partial charge in [0.25, 0.3) is 0 Å². The summed E-state index contributed by atoms with van der Waals surface area (Å²) in [5.41, 5.74) is 0.594. The minimum absolute atomic E-state index is 0.492. The van der Waals surface area contributed by atoms with Crippen molar-refractivity contribution in [2.45, 2.75) is 52.5 Å². The van der Waals surface area contributed by atoms with Gasteiger partial charge in [0.2, 0.25) is 0 Å². The van der Waals surface area contributed by atoms with E-state index in [1.807, 2.05) is 23.1 Å². The molecule has 1 aliphatic heterocycles. The molecule has 1 unspecified atom stereocenters. The highest BCUT2D eigenvalue weighted by molar-refractivity contribution is 5.80. The molecule has 23 heavy (non-hydrogen) atoms. The number of aromatic nitrogens is 2. The number of hydrogen-bond donors (Lipinski definition) is 1. The minimum atomic E-state index is 0.492. The Hall–Kier alpha value is -1.52. The lowest BCUT2D eigenvalue weighted by Crippen LogP contribution is -2.41. The zero-order chi connectivity index (χ0) is 16.1. The molecule has 1 saturated heterocycles. The summed E-state index contributed by atoms with van der Waals surface area (Å²) in [7, 11) is 0. The van der Waals surface area contributed by atoms with Gasteiger partial charge in [-0.3, -0.25) is 9.67 Å². The van der Waals surface area contributed by atoms with Crippen LogP contribution in [-0.4, -0.2) is 46.8 Å². The van der Waals surface area contributed by atoms with E-state index in [-0.39, 0.29) is 0 Å². The Morgan fingerprint density at radius 3 is 2.87 bits per heavy atom. The zero-order valence-corrected chi connectivity index (χ0v) is 14.7. The molecule has 2 heterocycles. The molecule has 2 aliphatic rings. The second-order valence-electron chi connectivity index (χ2n) is 7.41. The Morgan fingerprint density at radius 1 is 1.35 bits per heavy atom. The number of nitrogens with one attached hydrogen (secondary N) is 1. The van der Waals surface area contributed by atoms with Crippen molar-refractivity contribution < 1.29 is 0 Å². The van der Waals surface area contributed by atoms with Crippen LogP contribution in [0.2, 0.25) is 0 Å². The number of guanidine groups is 1. The van der Waals surface area contributed by atoms with Crippen molar-refractivity contribution in [2.24, 2.45) is 16.3 Å². The molecule has 5 heteroatoms. The SMILES string of the molecule is CCNC(=NCC(C)Cn1cccn1)N1CCC2(CCCC2)C1. The molecule has 5 nitrogen and oxygen atoms in total. The second kappa shape index (κ2) is 7.37. The van der Waals surface area contributed by atoms with Crippen LogP contribution in [0.5, 0.6) is 0 Å². The lowest BCUT2D eigenvalue weighted by molar-refractivity contribution is 0.309. The third-order valence-corrected chi connectivity index (χ3v) is 5.35. The van der Waals surface area contributed by atoms with Gasteiger partial charge in [0, 0.05) is 45.1 Å². The van der Waals surface area contributed by atoms with Crippen LogP contribution in [0.15, 0.2) is 23.5 Å². The fourth-order valence-corrected chi connectivity index (χ4v) is 4.10. The van der Waals surface area contributed by atoms with Crippen molar-refractivity contribution in [3.8, 4) is 0 Å². The molecule has 1 spiro atoms. The van der Waals surface area contributed by atoms with E-state index in [0.29, 0.717) is 11.3 Å². The third kappa shape index (κ3) is 4.06. The van der Waals surface area contributed by atoms with Crippen LogP contribution in [-0.2, 0) is 6.54 Å². The smallest absolute Gasteiger partial charge is 0.193 e. The van der Waals surface area contributed by atoms with Crippen LogP contribution < -0.4 is 5.32 Å². The van der Waals surface area contributed by atoms with Gasteiger partial charge in [0.05, 0.1) is 0 Å². The molecule has 1 aliphatic carbocycles. The first-order valence-corrected chi connectivity index (χ1v) is 9.21. The first-order valence-electron chi connectivity index (χ1n) is 9.21. The molecule has 1 atom stereocenters. The maximum atomic E-state index is 4.92. The normalized spacial score (nSPS) is 22.0. The summed E-state index contributed by atoms with van der Waals surface area (Å²) in [6, 6.07) is 1.98. The van der Waals surface area contributed by atoms with Gasteiger partial charge < -0.3 is 10.2 Å². The van der Waals surface area contributed by atoms with Crippen LogP contribution in [0.4, 0.5) is 0 Å². The molecule has 1 aromatic rings. The highest BCUT2D eigenvalue weighted by Crippen LogP contribution is 2.45. The predicted octanol–water partition coefficient (Wildman–Crippen LogP) is 2.75.